The van der Waals surface area contributed by atoms with Crippen molar-refractivity contribution in [2.24, 2.45) is 5.92 Å². The Kier molecular flexibility index (Phi) is 5.17. The quantitative estimate of drug-likeness (QED) is 0.894. The summed E-state index contributed by atoms with van der Waals surface area (Å²) in [6.07, 6.45) is 3.37. The number of anilines is 1. The van der Waals surface area contributed by atoms with E-state index in [0.717, 1.165) is 11.3 Å². The van der Waals surface area contributed by atoms with Crippen LogP contribution in [0.1, 0.15) is 32.1 Å². The van der Waals surface area contributed by atoms with Crippen LogP contribution in [0.3, 0.4) is 0 Å². The third-order valence-corrected chi connectivity index (χ3v) is 4.29. The number of thiazole rings is 1. The zero-order valence-corrected chi connectivity index (χ0v) is 13.5. The summed E-state index contributed by atoms with van der Waals surface area (Å²) in [6, 6.07) is -0.643. The third kappa shape index (κ3) is 3.93. The lowest BCUT2D eigenvalue weighted by Gasteiger charge is -2.34. The van der Waals surface area contributed by atoms with Gasteiger partial charge in [-0.1, -0.05) is 20.8 Å². The number of nitrogens with zero attached hydrogens (tertiary/aromatic N) is 2. The summed E-state index contributed by atoms with van der Waals surface area (Å²) in [7, 11) is 0. The Morgan fingerprint density at radius 3 is 3.05 bits per heavy atom. The van der Waals surface area contributed by atoms with E-state index in [1.54, 1.807) is 11.1 Å². The Morgan fingerprint density at radius 1 is 1.62 bits per heavy atom. The van der Waals surface area contributed by atoms with Crippen molar-refractivity contribution in [2.75, 3.05) is 18.4 Å². The van der Waals surface area contributed by atoms with Crippen LogP contribution in [0, 0.1) is 5.92 Å². The highest BCUT2D eigenvalue weighted by atomic mass is 32.1. The molecule has 2 N–H and O–H groups in total. The molecule has 0 radical (unpaired) electrons. The predicted molar refractivity (Wildman–Crippen MR) is 83.5 cm³/mol. The molecule has 0 bridgehead atoms. The Bertz CT molecular complexity index is 515. The Morgan fingerprint density at radius 2 is 2.38 bits per heavy atom. The lowest BCUT2D eigenvalue weighted by molar-refractivity contribution is -0.127. The lowest BCUT2D eigenvalue weighted by atomic mass is 10.1. The summed E-state index contributed by atoms with van der Waals surface area (Å²) >= 11 is 1.49. The van der Waals surface area contributed by atoms with E-state index < -0.39 is 6.04 Å². The van der Waals surface area contributed by atoms with Gasteiger partial charge in [-0.05, 0) is 18.8 Å². The number of rotatable bonds is 4. The van der Waals surface area contributed by atoms with Gasteiger partial charge in [0.05, 0.1) is 0 Å². The first kappa shape index (κ1) is 15.8. The smallest absolute Gasteiger partial charge is 0.324 e. The molecule has 7 heteroatoms. The Hall–Kier alpha value is -1.63. The molecule has 6 nitrogen and oxygen atoms in total. The lowest BCUT2D eigenvalue weighted by Crippen LogP contribution is -2.57. The van der Waals surface area contributed by atoms with E-state index in [1.165, 1.54) is 11.3 Å². The minimum absolute atomic E-state index is 0.0847. The van der Waals surface area contributed by atoms with Crippen molar-refractivity contribution in [3.8, 4) is 0 Å². The molecule has 0 aromatic carbocycles. The van der Waals surface area contributed by atoms with Crippen LogP contribution in [0.15, 0.2) is 6.20 Å². The number of piperazine rings is 1. The fourth-order valence-electron chi connectivity index (χ4n) is 2.39. The zero-order chi connectivity index (χ0) is 15.4. The van der Waals surface area contributed by atoms with Gasteiger partial charge in [-0.2, -0.15) is 0 Å². The van der Waals surface area contributed by atoms with E-state index in [0.29, 0.717) is 30.6 Å². The van der Waals surface area contributed by atoms with Gasteiger partial charge in [-0.15, -0.1) is 11.3 Å². The van der Waals surface area contributed by atoms with Crippen molar-refractivity contribution in [1.82, 2.24) is 15.2 Å². The van der Waals surface area contributed by atoms with Gasteiger partial charge in [0.1, 0.15) is 6.04 Å². The Labute approximate surface area is 128 Å². The first-order valence-corrected chi connectivity index (χ1v) is 8.13. The number of aromatic nitrogens is 1. The van der Waals surface area contributed by atoms with Crippen molar-refractivity contribution in [3.63, 3.8) is 0 Å². The molecule has 3 amide bonds. The molecule has 0 saturated carbocycles. The molecule has 1 fully saturated rings. The second-order valence-corrected chi connectivity index (χ2v) is 6.68. The molecule has 1 aliphatic heterocycles. The summed E-state index contributed by atoms with van der Waals surface area (Å²) in [6.45, 7) is 7.23. The van der Waals surface area contributed by atoms with Gasteiger partial charge in [-0.3, -0.25) is 10.1 Å². The largest absolute Gasteiger partial charge is 0.353 e. The fourth-order valence-corrected chi connectivity index (χ4v) is 3.40. The zero-order valence-electron chi connectivity index (χ0n) is 12.7. The molecule has 2 heterocycles. The number of amides is 3. The number of carbonyl (C=O) groups is 2. The second-order valence-electron chi connectivity index (χ2n) is 5.57. The van der Waals surface area contributed by atoms with Gasteiger partial charge >= 0.3 is 6.03 Å². The van der Waals surface area contributed by atoms with Crippen LogP contribution in [0.25, 0.3) is 0 Å². The molecule has 116 valence electrons. The first-order valence-electron chi connectivity index (χ1n) is 7.31. The van der Waals surface area contributed by atoms with Crippen LogP contribution in [0.4, 0.5) is 9.93 Å². The van der Waals surface area contributed by atoms with Gasteiger partial charge in [0.2, 0.25) is 5.91 Å². The van der Waals surface area contributed by atoms with E-state index in [-0.39, 0.29) is 11.9 Å². The molecular formula is C14H22N4O2S. The monoisotopic (exact) mass is 310 g/mol. The molecule has 0 unspecified atom stereocenters. The molecule has 0 aliphatic carbocycles. The molecule has 0 spiro atoms. The van der Waals surface area contributed by atoms with Gasteiger partial charge in [-0.25, -0.2) is 9.78 Å². The van der Waals surface area contributed by atoms with Crippen molar-refractivity contribution in [3.05, 3.63) is 11.1 Å². The normalized spacial score (nSPS) is 18.8. The van der Waals surface area contributed by atoms with Gasteiger partial charge in [0.15, 0.2) is 5.13 Å². The SMILES string of the molecule is CC[C@@H]1C(=O)NCCN1C(=O)Nc1ncc(CC(C)C)s1. The fraction of sp³-hybridized carbons (Fsp3) is 0.643. The molecular weight excluding hydrogens is 288 g/mol. The molecule has 2 rings (SSSR count). The van der Waals surface area contributed by atoms with Crippen LogP contribution in [0.2, 0.25) is 0 Å². The number of hydrogen-bond donors (Lipinski definition) is 2. The van der Waals surface area contributed by atoms with Gasteiger partial charge < -0.3 is 10.2 Å². The van der Waals surface area contributed by atoms with Crippen molar-refractivity contribution < 1.29 is 9.59 Å². The highest BCUT2D eigenvalue weighted by Gasteiger charge is 2.31. The average molecular weight is 310 g/mol. The molecule has 1 aliphatic rings. The topological polar surface area (TPSA) is 74.3 Å². The van der Waals surface area contributed by atoms with E-state index in [4.69, 9.17) is 0 Å². The number of nitrogens with one attached hydrogen (secondary N) is 2. The van der Waals surface area contributed by atoms with E-state index >= 15 is 0 Å². The number of hydrogen-bond acceptors (Lipinski definition) is 4. The minimum atomic E-state index is -0.395. The Balaban J connectivity index is 2.00. The average Bonchev–Trinajstić information content (AvgIpc) is 2.84. The van der Waals surface area contributed by atoms with E-state index in [2.05, 4.69) is 29.5 Å². The summed E-state index contributed by atoms with van der Waals surface area (Å²) in [5, 5.41) is 6.18. The molecule has 1 atom stereocenters. The van der Waals surface area contributed by atoms with Crippen molar-refractivity contribution >= 4 is 28.4 Å². The summed E-state index contributed by atoms with van der Waals surface area (Å²) < 4.78 is 0. The summed E-state index contributed by atoms with van der Waals surface area (Å²) in [5.41, 5.74) is 0. The first-order chi connectivity index (χ1) is 10.0. The van der Waals surface area contributed by atoms with Gasteiger partial charge in [0.25, 0.3) is 0 Å². The number of carbonyl (C=O) groups excluding carboxylic acids is 2. The maximum atomic E-state index is 12.3. The number of urea groups is 1. The molecule has 1 saturated heterocycles. The molecule has 1 aromatic rings. The second kappa shape index (κ2) is 6.89. The predicted octanol–water partition coefficient (Wildman–Crippen LogP) is 2.08. The standard InChI is InChI=1S/C14H22N4O2S/c1-4-11-12(19)15-5-6-18(11)14(20)17-13-16-8-10(21-13)7-9(2)3/h8-9,11H,4-7H2,1-3H3,(H,15,19)(H,16,17,20)/t11-/m1/s1. The van der Waals surface area contributed by atoms with Crippen LogP contribution < -0.4 is 10.6 Å². The minimum Gasteiger partial charge on any atom is -0.353 e. The highest BCUT2D eigenvalue weighted by Crippen LogP contribution is 2.22. The van der Waals surface area contributed by atoms with E-state index in [9.17, 15) is 9.59 Å². The molecule has 1 aromatic heterocycles. The van der Waals surface area contributed by atoms with Crippen molar-refractivity contribution in [1.29, 1.82) is 0 Å². The van der Waals surface area contributed by atoms with Crippen LogP contribution in [0.5, 0.6) is 0 Å². The summed E-state index contributed by atoms with van der Waals surface area (Å²) in [5.74, 6) is 0.475. The van der Waals surface area contributed by atoms with Crippen LogP contribution in [-0.2, 0) is 11.2 Å². The third-order valence-electron chi connectivity index (χ3n) is 3.36. The molecule has 21 heavy (non-hydrogen) atoms. The van der Waals surface area contributed by atoms with Crippen LogP contribution >= 0.6 is 11.3 Å². The summed E-state index contributed by atoms with van der Waals surface area (Å²) in [4.78, 5) is 31.1. The highest BCUT2D eigenvalue weighted by molar-refractivity contribution is 7.15. The van der Waals surface area contributed by atoms with E-state index in [1.807, 2.05) is 6.92 Å². The van der Waals surface area contributed by atoms with Crippen LogP contribution in [-0.4, -0.2) is 41.0 Å². The van der Waals surface area contributed by atoms with Gasteiger partial charge in [0, 0.05) is 24.2 Å². The van der Waals surface area contributed by atoms with Crippen molar-refractivity contribution in [2.45, 2.75) is 39.7 Å². The maximum Gasteiger partial charge on any atom is 0.324 e. The maximum absolute atomic E-state index is 12.3.